The van der Waals surface area contributed by atoms with E-state index in [1.54, 1.807) is 24.3 Å². The number of amides is 1. The molecule has 3 N–H and O–H groups in total. The number of para-hydroxylation sites is 1. The quantitative estimate of drug-likeness (QED) is 0.685. The van der Waals surface area contributed by atoms with Crippen molar-refractivity contribution < 1.29 is 13.6 Å². The summed E-state index contributed by atoms with van der Waals surface area (Å²) in [5, 5.41) is 0.350. The molecule has 4 rings (SSSR count). The van der Waals surface area contributed by atoms with Crippen LogP contribution in [0.15, 0.2) is 52.1 Å². The highest BCUT2D eigenvalue weighted by atomic mass is 19.1. The molecule has 0 aliphatic heterocycles. The Balaban J connectivity index is 0.000000193. The predicted molar refractivity (Wildman–Crippen MR) is 112 cm³/mol. The van der Waals surface area contributed by atoms with Gasteiger partial charge in [-0.2, -0.15) is 0 Å². The molecule has 0 radical (unpaired) electrons. The van der Waals surface area contributed by atoms with Gasteiger partial charge in [0.15, 0.2) is 0 Å². The molecule has 0 atom stereocenters. The van der Waals surface area contributed by atoms with E-state index in [1.807, 2.05) is 6.92 Å². The highest BCUT2D eigenvalue weighted by Crippen LogP contribution is 2.26. The molecular formula is C22H25F2N3O3. The van der Waals surface area contributed by atoms with Crippen LogP contribution in [0.1, 0.15) is 32.3 Å². The summed E-state index contributed by atoms with van der Waals surface area (Å²) in [5.74, 6) is -0.625. The molecule has 1 aromatic heterocycles. The Hall–Kier alpha value is -3.29. The number of hydrogen-bond acceptors (Lipinski definition) is 3. The maximum Gasteiger partial charge on any atom is 0.329 e. The van der Waals surface area contributed by atoms with Crippen molar-refractivity contribution in [2.45, 2.75) is 39.7 Å². The summed E-state index contributed by atoms with van der Waals surface area (Å²) in [7, 11) is 0. The molecule has 0 spiro atoms. The van der Waals surface area contributed by atoms with Crippen LogP contribution >= 0.6 is 0 Å². The Bertz CT molecular complexity index is 1130. The van der Waals surface area contributed by atoms with Crippen LogP contribution < -0.4 is 17.0 Å². The minimum atomic E-state index is -0.733. The zero-order chi connectivity index (χ0) is 22.3. The fraction of sp³-hybridized carbons (Fsp3) is 0.318. The van der Waals surface area contributed by atoms with E-state index in [0.717, 1.165) is 16.6 Å². The zero-order valence-corrected chi connectivity index (χ0v) is 17.0. The van der Waals surface area contributed by atoms with Crippen LogP contribution in [0.25, 0.3) is 10.9 Å². The van der Waals surface area contributed by atoms with Gasteiger partial charge in [-0.15, -0.1) is 0 Å². The Kier molecular flexibility index (Phi) is 8.03. The normalized spacial score (nSPS) is 12.4. The lowest BCUT2D eigenvalue weighted by atomic mass is 10.1. The van der Waals surface area contributed by atoms with E-state index in [2.05, 4.69) is 11.9 Å². The third-order valence-electron chi connectivity index (χ3n) is 4.47. The number of aromatic nitrogens is 2. The molecule has 1 fully saturated rings. The lowest BCUT2D eigenvalue weighted by Gasteiger charge is -2.03. The number of H-pyrrole nitrogens is 1. The fourth-order valence-corrected chi connectivity index (χ4v) is 2.47. The molecule has 2 aromatic carbocycles. The first-order valence-corrected chi connectivity index (χ1v) is 9.67. The van der Waals surface area contributed by atoms with Crippen LogP contribution in [0, 0.1) is 17.6 Å². The van der Waals surface area contributed by atoms with Crippen LogP contribution in [-0.4, -0.2) is 15.5 Å². The Morgan fingerprint density at radius 1 is 1.17 bits per heavy atom. The number of halogens is 2. The van der Waals surface area contributed by atoms with Gasteiger partial charge < -0.3 is 10.7 Å². The van der Waals surface area contributed by atoms with E-state index in [0.29, 0.717) is 22.9 Å². The van der Waals surface area contributed by atoms with Crippen molar-refractivity contribution in [2.75, 3.05) is 0 Å². The summed E-state index contributed by atoms with van der Waals surface area (Å²) in [6.45, 7) is 3.69. The summed E-state index contributed by atoms with van der Waals surface area (Å²) in [5.41, 5.74) is 4.80. The van der Waals surface area contributed by atoms with Gasteiger partial charge in [0.05, 0.1) is 10.9 Å². The third-order valence-corrected chi connectivity index (χ3v) is 4.47. The number of aromatic amines is 1. The number of nitrogens with two attached hydrogens (primary N) is 1. The minimum absolute atomic E-state index is 0.350. The van der Waals surface area contributed by atoms with E-state index >= 15 is 0 Å². The Labute approximate surface area is 172 Å². The summed E-state index contributed by atoms with van der Waals surface area (Å²) >= 11 is 0. The molecule has 0 unspecified atom stereocenters. The van der Waals surface area contributed by atoms with Gasteiger partial charge in [0.1, 0.15) is 18.2 Å². The average molecular weight is 417 g/mol. The molecule has 0 bridgehead atoms. The second-order valence-corrected chi connectivity index (χ2v) is 7.11. The predicted octanol–water partition coefficient (Wildman–Crippen LogP) is 3.12. The van der Waals surface area contributed by atoms with Crippen molar-refractivity contribution in [1.82, 2.24) is 9.55 Å². The van der Waals surface area contributed by atoms with E-state index in [4.69, 9.17) is 5.73 Å². The number of primary amides is 1. The third kappa shape index (κ3) is 6.65. The number of carbonyl (C=O) groups excluding carboxylic acids is 1. The molecule has 1 heterocycles. The number of rotatable bonds is 3. The largest absolute Gasteiger partial charge is 0.368 e. The summed E-state index contributed by atoms with van der Waals surface area (Å²) < 4.78 is 25.6. The van der Waals surface area contributed by atoms with Crippen LogP contribution in [-0.2, 0) is 17.8 Å². The van der Waals surface area contributed by atoms with Gasteiger partial charge in [0, 0.05) is 6.07 Å². The first kappa shape index (κ1) is 23.0. The van der Waals surface area contributed by atoms with Crippen molar-refractivity contribution in [1.29, 1.82) is 0 Å². The van der Waals surface area contributed by atoms with Gasteiger partial charge in [0.25, 0.3) is 5.56 Å². The number of hydrogen-bond donors (Lipinski definition) is 2. The van der Waals surface area contributed by atoms with E-state index < -0.39 is 35.3 Å². The number of aryl methyl sites for hydroxylation is 1. The lowest BCUT2D eigenvalue weighted by Crippen LogP contribution is -2.38. The standard InChI is InChI=1S/C10H9N3O3.C8H8F2.C4H8/c11-8(14)5-13-9(15)6-3-1-2-4-7(6)12-10(13)16;1-2-6-3-4-7(9)5-8(6)10;1-4-2-3-4/h1-4H,5H2,(H2,11,14)(H,12,16);3-5H,2H2,1H3;4H,2-3H2,1H3. The molecular weight excluding hydrogens is 392 g/mol. The SMILES string of the molecule is CC1CC1.CCc1ccc(F)cc1F.NC(=O)Cn1c(=O)[nH]c2ccccc2c1=O. The molecule has 1 saturated carbocycles. The summed E-state index contributed by atoms with van der Waals surface area (Å²) in [6, 6.07) is 10.2. The van der Waals surface area contributed by atoms with E-state index in [9.17, 15) is 23.2 Å². The molecule has 0 saturated heterocycles. The van der Waals surface area contributed by atoms with Gasteiger partial charge in [0.2, 0.25) is 5.91 Å². The maximum absolute atomic E-state index is 12.6. The zero-order valence-electron chi connectivity index (χ0n) is 17.0. The van der Waals surface area contributed by atoms with Gasteiger partial charge in [-0.1, -0.05) is 44.9 Å². The number of carbonyl (C=O) groups is 1. The van der Waals surface area contributed by atoms with Crippen LogP contribution in [0.2, 0.25) is 0 Å². The molecule has 8 heteroatoms. The van der Waals surface area contributed by atoms with Crippen molar-refractivity contribution in [3.05, 3.63) is 80.5 Å². The first-order chi connectivity index (χ1) is 14.2. The van der Waals surface area contributed by atoms with Crippen LogP contribution in [0.5, 0.6) is 0 Å². The van der Waals surface area contributed by atoms with Crippen LogP contribution in [0.4, 0.5) is 8.78 Å². The summed E-state index contributed by atoms with van der Waals surface area (Å²) in [4.78, 5) is 36.5. The molecule has 160 valence electrons. The Morgan fingerprint density at radius 2 is 1.80 bits per heavy atom. The van der Waals surface area contributed by atoms with Gasteiger partial charge in [-0.3, -0.25) is 14.2 Å². The molecule has 1 aliphatic rings. The Morgan fingerprint density at radius 3 is 2.33 bits per heavy atom. The van der Waals surface area contributed by atoms with Crippen LogP contribution in [0.3, 0.4) is 0 Å². The number of fused-ring (bicyclic) bond motifs is 1. The fourth-order valence-electron chi connectivity index (χ4n) is 2.47. The lowest BCUT2D eigenvalue weighted by molar-refractivity contribution is -0.118. The van der Waals surface area contributed by atoms with Gasteiger partial charge >= 0.3 is 5.69 Å². The topological polar surface area (TPSA) is 97.9 Å². The highest BCUT2D eigenvalue weighted by Gasteiger charge is 2.12. The average Bonchev–Trinajstić information content (AvgIpc) is 3.48. The molecule has 3 aromatic rings. The second-order valence-electron chi connectivity index (χ2n) is 7.11. The summed E-state index contributed by atoms with van der Waals surface area (Å²) in [6.07, 6.45) is 3.58. The first-order valence-electron chi connectivity index (χ1n) is 9.67. The monoisotopic (exact) mass is 417 g/mol. The molecule has 30 heavy (non-hydrogen) atoms. The molecule has 1 amide bonds. The van der Waals surface area contributed by atoms with Gasteiger partial charge in [-0.25, -0.2) is 13.6 Å². The van der Waals surface area contributed by atoms with E-state index in [1.165, 1.54) is 25.0 Å². The van der Waals surface area contributed by atoms with E-state index in [-0.39, 0.29) is 0 Å². The van der Waals surface area contributed by atoms with Crippen molar-refractivity contribution in [3.63, 3.8) is 0 Å². The number of nitrogens with zero attached hydrogens (tertiary/aromatic N) is 1. The maximum atomic E-state index is 12.6. The van der Waals surface area contributed by atoms with Crippen molar-refractivity contribution in [3.8, 4) is 0 Å². The van der Waals surface area contributed by atoms with Gasteiger partial charge in [-0.05, 0) is 36.1 Å². The number of benzene rings is 2. The molecule has 6 nitrogen and oxygen atoms in total. The second kappa shape index (κ2) is 10.5. The smallest absolute Gasteiger partial charge is 0.329 e. The van der Waals surface area contributed by atoms with Crippen molar-refractivity contribution in [2.24, 2.45) is 11.7 Å². The number of nitrogens with one attached hydrogen (secondary N) is 1. The van der Waals surface area contributed by atoms with Crippen molar-refractivity contribution >= 4 is 16.8 Å². The highest BCUT2D eigenvalue weighted by molar-refractivity contribution is 5.78. The minimum Gasteiger partial charge on any atom is -0.368 e. The molecule has 1 aliphatic carbocycles.